The fraction of sp³-hybridized carbons (Fsp3) is 0.923. The normalized spacial score (nSPS) is 29.0. The second-order valence-corrected chi connectivity index (χ2v) is 5.48. The quantitative estimate of drug-likeness (QED) is 0.590. The molecule has 1 fully saturated rings. The molecular weight excluding hydrogens is 238 g/mol. The van der Waals surface area contributed by atoms with Gasteiger partial charge in [-0.05, 0) is 25.2 Å². The van der Waals surface area contributed by atoms with Crippen LogP contribution in [0.25, 0.3) is 0 Å². The van der Waals surface area contributed by atoms with E-state index in [0.717, 1.165) is 25.7 Å². The predicted octanol–water partition coefficient (Wildman–Crippen LogP) is 2.72. The molecule has 17 heavy (non-hydrogen) atoms. The number of amides is 1. The van der Waals surface area contributed by atoms with Crippen molar-refractivity contribution in [3.8, 4) is 0 Å². The number of carbonyl (C=O) groups excluding carboxylic acids is 1. The lowest BCUT2D eigenvalue weighted by Gasteiger charge is -2.39. The molecule has 1 aliphatic rings. The summed E-state index contributed by atoms with van der Waals surface area (Å²) < 4.78 is 5.25. The van der Waals surface area contributed by atoms with E-state index < -0.39 is 0 Å². The molecule has 2 unspecified atom stereocenters. The van der Waals surface area contributed by atoms with E-state index in [0.29, 0.717) is 18.4 Å². The lowest BCUT2D eigenvalue weighted by molar-refractivity contribution is -0.128. The van der Waals surface area contributed by atoms with Crippen LogP contribution in [-0.2, 0) is 9.53 Å². The van der Waals surface area contributed by atoms with Crippen molar-refractivity contribution < 1.29 is 9.53 Å². The Kier molecular flexibility index (Phi) is 6.28. The smallest absolute Gasteiger partial charge is 0.246 e. The van der Waals surface area contributed by atoms with Crippen LogP contribution < -0.4 is 5.32 Å². The monoisotopic (exact) mass is 261 g/mol. The Morgan fingerprint density at radius 1 is 1.59 bits per heavy atom. The van der Waals surface area contributed by atoms with Crippen LogP contribution in [0, 0.1) is 5.92 Å². The van der Waals surface area contributed by atoms with Gasteiger partial charge in [-0.2, -0.15) is 0 Å². The Morgan fingerprint density at radius 2 is 2.35 bits per heavy atom. The third-order valence-electron chi connectivity index (χ3n) is 3.33. The third kappa shape index (κ3) is 4.84. The van der Waals surface area contributed by atoms with Crippen LogP contribution in [-0.4, -0.2) is 30.5 Å². The van der Waals surface area contributed by atoms with Crippen molar-refractivity contribution in [3.05, 3.63) is 0 Å². The molecule has 0 aromatic rings. The topological polar surface area (TPSA) is 38.3 Å². The molecule has 1 amide bonds. The standard InChI is InChI=1S/C13H24ClNO2/c1-3-7-17-9-12(16)15-13(10-14)6-4-5-11(2)8-13/h11H,3-10H2,1-2H3,(H,15,16). The maximum atomic E-state index is 11.8. The Bertz CT molecular complexity index is 248. The maximum absolute atomic E-state index is 11.8. The Labute approximate surface area is 109 Å². The highest BCUT2D eigenvalue weighted by Crippen LogP contribution is 2.33. The van der Waals surface area contributed by atoms with Gasteiger partial charge >= 0.3 is 0 Å². The molecule has 4 heteroatoms. The summed E-state index contributed by atoms with van der Waals surface area (Å²) in [6.45, 7) is 5.04. The van der Waals surface area contributed by atoms with Gasteiger partial charge in [-0.25, -0.2) is 0 Å². The lowest BCUT2D eigenvalue weighted by atomic mass is 9.77. The molecule has 1 saturated carbocycles. The minimum absolute atomic E-state index is 0.0341. The van der Waals surface area contributed by atoms with Crippen molar-refractivity contribution in [2.75, 3.05) is 19.1 Å². The van der Waals surface area contributed by atoms with Gasteiger partial charge in [-0.15, -0.1) is 11.6 Å². The number of ether oxygens (including phenoxy) is 1. The minimum atomic E-state index is -0.202. The number of rotatable bonds is 6. The molecule has 0 saturated heterocycles. The number of halogens is 1. The van der Waals surface area contributed by atoms with Crippen LogP contribution >= 0.6 is 11.6 Å². The summed E-state index contributed by atoms with van der Waals surface area (Å²) in [5, 5.41) is 3.08. The Balaban J connectivity index is 2.42. The van der Waals surface area contributed by atoms with Crippen LogP contribution in [0.4, 0.5) is 0 Å². The van der Waals surface area contributed by atoms with Crippen LogP contribution in [0.15, 0.2) is 0 Å². The average Bonchev–Trinajstić information content (AvgIpc) is 2.29. The summed E-state index contributed by atoms with van der Waals surface area (Å²) in [6, 6.07) is 0. The number of hydrogen-bond acceptors (Lipinski definition) is 2. The fourth-order valence-corrected chi connectivity index (χ4v) is 2.88. The maximum Gasteiger partial charge on any atom is 0.246 e. The van der Waals surface area contributed by atoms with Gasteiger partial charge in [-0.3, -0.25) is 4.79 Å². The highest BCUT2D eigenvalue weighted by atomic mass is 35.5. The highest BCUT2D eigenvalue weighted by Gasteiger charge is 2.35. The van der Waals surface area contributed by atoms with Crippen LogP contribution in [0.3, 0.4) is 0 Å². The molecular formula is C13H24ClNO2. The number of alkyl halides is 1. The molecule has 100 valence electrons. The van der Waals surface area contributed by atoms with Crippen LogP contribution in [0.2, 0.25) is 0 Å². The molecule has 0 aliphatic heterocycles. The molecule has 0 radical (unpaired) electrons. The first-order valence-corrected chi connectivity index (χ1v) is 7.10. The van der Waals surface area contributed by atoms with Crippen LogP contribution in [0.5, 0.6) is 0 Å². The van der Waals surface area contributed by atoms with Gasteiger partial charge in [0.15, 0.2) is 0 Å². The van der Waals surface area contributed by atoms with Gasteiger partial charge in [0.1, 0.15) is 6.61 Å². The van der Waals surface area contributed by atoms with Crippen LogP contribution in [0.1, 0.15) is 46.0 Å². The number of hydrogen-bond donors (Lipinski definition) is 1. The fourth-order valence-electron chi connectivity index (χ4n) is 2.57. The molecule has 3 nitrogen and oxygen atoms in total. The summed E-state index contributed by atoms with van der Waals surface area (Å²) >= 11 is 6.05. The van der Waals surface area contributed by atoms with Crippen molar-refractivity contribution in [1.82, 2.24) is 5.32 Å². The zero-order valence-corrected chi connectivity index (χ0v) is 11.7. The first kappa shape index (κ1) is 14.8. The molecule has 2 atom stereocenters. The second kappa shape index (κ2) is 7.22. The summed E-state index contributed by atoms with van der Waals surface area (Å²) in [5.74, 6) is 1.10. The third-order valence-corrected chi connectivity index (χ3v) is 3.85. The number of carbonyl (C=O) groups is 1. The zero-order chi connectivity index (χ0) is 12.7. The van der Waals surface area contributed by atoms with Gasteiger partial charge < -0.3 is 10.1 Å². The van der Waals surface area contributed by atoms with Crippen molar-refractivity contribution in [2.24, 2.45) is 5.92 Å². The van der Waals surface area contributed by atoms with E-state index in [1.807, 2.05) is 6.92 Å². The van der Waals surface area contributed by atoms with Gasteiger partial charge in [0.05, 0.1) is 5.54 Å². The van der Waals surface area contributed by atoms with Gasteiger partial charge in [0, 0.05) is 12.5 Å². The molecule has 1 rings (SSSR count). The SMILES string of the molecule is CCCOCC(=O)NC1(CCl)CCCC(C)C1. The average molecular weight is 262 g/mol. The van der Waals surface area contributed by atoms with Gasteiger partial charge in [0.25, 0.3) is 0 Å². The molecule has 0 aromatic carbocycles. The molecule has 0 spiro atoms. The van der Waals surface area contributed by atoms with Gasteiger partial charge in [-0.1, -0.05) is 26.7 Å². The largest absolute Gasteiger partial charge is 0.372 e. The first-order chi connectivity index (χ1) is 8.12. The Hall–Kier alpha value is -0.280. The summed E-state index contributed by atoms with van der Waals surface area (Å²) in [5.41, 5.74) is -0.202. The van der Waals surface area contributed by atoms with E-state index in [-0.39, 0.29) is 18.1 Å². The van der Waals surface area contributed by atoms with Crippen molar-refractivity contribution >= 4 is 17.5 Å². The summed E-state index contributed by atoms with van der Waals surface area (Å²) in [6.07, 6.45) is 5.28. The zero-order valence-electron chi connectivity index (χ0n) is 10.9. The predicted molar refractivity (Wildman–Crippen MR) is 70.3 cm³/mol. The first-order valence-electron chi connectivity index (χ1n) is 6.56. The summed E-state index contributed by atoms with van der Waals surface area (Å²) in [7, 11) is 0. The van der Waals surface area contributed by atoms with E-state index in [2.05, 4.69) is 12.2 Å². The van der Waals surface area contributed by atoms with E-state index in [4.69, 9.17) is 16.3 Å². The minimum Gasteiger partial charge on any atom is -0.372 e. The number of nitrogens with one attached hydrogen (secondary N) is 1. The van der Waals surface area contributed by atoms with E-state index in [9.17, 15) is 4.79 Å². The van der Waals surface area contributed by atoms with E-state index in [1.54, 1.807) is 0 Å². The molecule has 0 bridgehead atoms. The lowest BCUT2D eigenvalue weighted by Crippen LogP contribution is -2.53. The molecule has 1 N–H and O–H groups in total. The molecule has 1 aliphatic carbocycles. The molecule has 0 aromatic heterocycles. The van der Waals surface area contributed by atoms with Crippen molar-refractivity contribution in [2.45, 2.75) is 51.5 Å². The molecule has 0 heterocycles. The van der Waals surface area contributed by atoms with E-state index >= 15 is 0 Å². The van der Waals surface area contributed by atoms with Gasteiger partial charge in [0.2, 0.25) is 5.91 Å². The van der Waals surface area contributed by atoms with Crippen molar-refractivity contribution in [3.63, 3.8) is 0 Å². The van der Waals surface area contributed by atoms with E-state index in [1.165, 1.54) is 6.42 Å². The van der Waals surface area contributed by atoms with Crippen molar-refractivity contribution in [1.29, 1.82) is 0 Å². The highest BCUT2D eigenvalue weighted by molar-refractivity contribution is 6.18. The summed E-state index contributed by atoms with van der Waals surface area (Å²) in [4.78, 5) is 11.8. The Morgan fingerprint density at radius 3 is 2.94 bits per heavy atom. The second-order valence-electron chi connectivity index (χ2n) is 5.22.